The molecule has 1 unspecified atom stereocenters. The summed E-state index contributed by atoms with van der Waals surface area (Å²) in [5, 5.41) is 0. The van der Waals surface area contributed by atoms with Gasteiger partial charge in [-0.1, -0.05) is 30.3 Å². The van der Waals surface area contributed by atoms with Gasteiger partial charge in [-0.3, -0.25) is 0 Å². The van der Waals surface area contributed by atoms with E-state index >= 15 is 0 Å². The van der Waals surface area contributed by atoms with Crippen LogP contribution in [0.3, 0.4) is 0 Å². The fourth-order valence-corrected chi connectivity index (χ4v) is 3.07. The molecule has 0 radical (unpaired) electrons. The van der Waals surface area contributed by atoms with Crippen LogP contribution in [0.25, 0.3) is 11.1 Å². The lowest BCUT2D eigenvalue weighted by atomic mass is 10.1. The summed E-state index contributed by atoms with van der Waals surface area (Å²) in [6.07, 6.45) is 2.28. The van der Waals surface area contributed by atoms with E-state index in [9.17, 15) is 0 Å². The Hall–Kier alpha value is -2.49. The van der Waals surface area contributed by atoms with Gasteiger partial charge in [0.1, 0.15) is 5.52 Å². The zero-order valence-corrected chi connectivity index (χ0v) is 11.7. The van der Waals surface area contributed by atoms with Crippen LogP contribution in [0.4, 0.5) is 11.7 Å². The molecular formula is C17H17N3O. The van der Waals surface area contributed by atoms with Gasteiger partial charge in [-0.15, -0.1) is 0 Å². The second-order valence-electron chi connectivity index (χ2n) is 5.49. The highest BCUT2D eigenvalue weighted by Crippen LogP contribution is 2.36. The van der Waals surface area contributed by atoms with Crippen LogP contribution in [0.15, 0.2) is 52.9 Å². The van der Waals surface area contributed by atoms with Crippen molar-refractivity contribution in [2.75, 3.05) is 17.2 Å². The lowest BCUT2D eigenvalue weighted by molar-refractivity contribution is 0.557. The molecule has 2 aromatic carbocycles. The zero-order valence-electron chi connectivity index (χ0n) is 11.7. The van der Waals surface area contributed by atoms with Crippen LogP contribution in [-0.4, -0.2) is 11.5 Å². The molecule has 0 amide bonds. The van der Waals surface area contributed by atoms with Crippen LogP contribution >= 0.6 is 0 Å². The molecule has 1 atom stereocenters. The van der Waals surface area contributed by atoms with Gasteiger partial charge in [0.2, 0.25) is 0 Å². The third-order valence-corrected chi connectivity index (χ3v) is 4.08. The predicted molar refractivity (Wildman–Crippen MR) is 84.2 cm³/mol. The topological polar surface area (TPSA) is 55.3 Å². The van der Waals surface area contributed by atoms with Crippen LogP contribution < -0.4 is 10.6 Å². The predicted octanol–water partition coefficient (Wildman–Crippen LogP) is 3.75. The highest BCUT2D eigenvalue weighted by molar-refractivity contribution is 5.78. The molecular weight excluding hydrogens is 262 g/mol. The van der Waals surface area contributed by atoms with E-state index in [0.717, 1.165) is 30.5 Å². The quantitative estimate of drug-likeness (QED) is 0.726. The molecule has 2 N–H and O–H groups in total. The van der Waals surface area contributed by atoms with Gasteiger partial charge in [-0.2, -0.15) is 4.98 Å². The number of fused-ring (bicyclic) bond motifs is 1. The Morgan fingerprint density at radius 1 is 1.14 bits per heavy atom. The zero-order chi connectivity index (χ0) is 14.2. The number of rotatable bonds is 2. The van der Waals surface area contributed by atoms with Gasteiger partial charge in [0.25, 0.3) is 6.01 Å². The lowest BCUT2D eigenvalue weighted by Crippen LogP contribution is -2.22. The molecule has 1 aliphatic rings. The maximum atomic E-state index is 5.92. The van der Waals surface area contributed by atoms with Crippen LogP contribution in [0.5, 0.6) is 0 Å². The normalized spacial score (nSPS) is 18.5. The van der Waals surface area contributed by atoms with E-state index in [4.69, 9.17) is 10.2 Å². The standard InChI is InChI=1S/C17H17N3O/c18-13-8-9-14-16(11-13)21-17(19-14)20-10-4-7-15(20)12-5-2-1-3-6-12/h1-3,5-6,8-9,11,15H,4,7,10,18H2. The third-order valence-electron chi connectivity index (χ3n) is 4.08. The number of benzene rings is 2. The van der Waals surface area contributed by atoms with E-state index in [1.54, 1.807) is 0 Å². The SMILES string of the molecule is Nc1ccc2nc(N3CCCC3c3ccccc3)oc2c1. The number of hydrogen-bond acceptors (Lipinski definition) is 4. The smallest absolute Gasteiger partial charge is 0.298 e. The molecule has 0 aliphatic carbocycles. The first-order valence-corrected chi connectivity index (χ1v) is 7.29. The van der Waals surface area contributed by atoms with Crippen LogP contribution in [-0.2, 0) is 0 Å². The maximum Gasteiger partial charge on any atom is 0.298 e. The first-order valence-electron chi connectivity index (χ1n) is 7.29. The van der Waals surface area contributed by atoms with Gasteiger partial charge in [-0.05, 0) is 30.5 Å². The average molecular weight is 279 g/mol. The summed E-state index contributed by atoms with van der Waals surface area (Å²) < 4.78 is 5.92. The number of anilines is 2. The fourth-order valence-electron chi connectivity index (χ4n) is 3.07. The molecule has 2 heterocycles. The minimum Gasteiger partial charge on any atom is -0.423 e. The Morgan fingerprint density at radius 2 is 2.00 bits per heavy atom. The molecule has 0 bridgehead atoms. The van der Waals surface area contributed by atoms with E-state index in [1.807, 2.05) is 24.3 Å². The van der Waals surface area contributed by atoms with E-state index in [2.05, 4.69) is 34.1 Å². The molecule has 106 valence electrons. The van der Waals surface area contributed by atoms with Crippen molar-refractivity contribution < 1.29 is 4.42 Å². The summed E-state index contributed by atoms with van der Waals surface area (Å²) in [6, 6.07) is 17.2. The summed E-state index contributed by atoms with van der Waals surface area (Å²) in [4.78, 5) is 6.87. The Labute approximate surface area is 123 Å². The largest absolute Gasteiger partial charge is 0.423 e. The van der Waals surface area contributed by atoms with Gasteiger partial charge in [0, 0.05) is 18.3 Å². The number of nitrogen functional groups attached to an aromatic ring is 1. The monoisotopic (exact) mass is 279 g/mol. The molecule has 1 aromatic heterocycles. The minimum atomic E-state index is 0.344. The number of aromatic nitrogens is 1. The summed E-state index contributed by atoms with van der Waals surface area (Å²) >= 11 is 0. The van der Waals surface area contributed by atoms with Crippen molar-refractivity contribution in [2.24, 2.45) is 0 Å². The molecule has 4 rings (SSSR count). The summed E-state index contributed by atoms with van der Waals surface area (Å²) in [5.41, 5.74) is 9.43. The van der Waals surface area contributed by atoms with Gasteiger partial charge in [0.15, 0.2) is 5.58 Å². The summed E-state index contributed by atoms with van der Waals surface area (Å²) in [7, 11) is 0. The van der Waals surface area contributed by atoms with Crippen molar-refractivity contribution in [3.05, 3.63) is 54.1 Å². The number of nitrogens with zero attached hydrogens (tertiary/aromatic N) is 2. The van der Waals surface area contributed by atoms with Crippen molar-refractivity contribution in [1.29, 1.82) is 0 Å². The van der Waals surface area contributed by atoms with Crippen molar-refractivity contribution in [1.82, 2.24) is 4.98 Å². The summed E-state index contributed by atoms with van der Waals surface area (Å²) in [5.74, 6) is 0. The van der Waals surface area contributed by atoms with Crippen LogP contribution in [0, 0.1) is 0 Å². The number of oxazole rings is 1. The first kappa shape index (κ1) is 12.3. The van der Waals surface area contributed by atoms with Crippen molar-refractivity contribution >= 4 is 22.8 Å². The van der Waals surface area contributed by atoms with E-state index in [-0.39, 0.29) is 0 Å². The van der Waals surface area contributed by atoms with Crippen molar-refractivity contribution in [3.63, 3.8) is 0 Å². The Bertz CT molecular complexity index is 766. The summed E-state index contributed by atoms with van der Waals surface area (Å²) in [6.45, 7) is 0.974. The van der Waals surface area contributed by atoms with Gasteiger partial charge < -0.3 is 15.1 Å². The van der Waals surface area contributed by atoms with Crippen molar-refractivity contribution in [3.8, 4) is 0 Å². The van der Waals surface area contributed by atoms with E-state index in [0.29, 0.717) is 17.7 Å². The molecule has 21 heavy (non-hydrogen) atoms. The van der Waals surface area contributed by atoms with E-state index in [1.165, 1.54) is 5.56 Å². The molecule has 3 aromatic rings. The van der Waals surface area contributed by atoms with Gasteiger partial charge in [0.05, 0.1) is 6.04 Å². The molecule has 1 aliphatic heterocycles. The van der Waals surface area contributed by atoms with E-state index < -0.39 is 0 Å². The van der Waals surface area contributed by atoms with Crippen LogP contribution in [0.2, 0.25) is 0 Å². The molecule has 0 spiro atoms. The highest BCUT2D eigenvalue weighted by Gasteiger charge is 2.29. The molecule has 1 saturated heterocycles. The molecule has 4 heteroatoms. The van der Waals surface area contributed by atoms with Crippen molar-refractivity contribution in [2.45, 2.75) is 18.9 Å². The highest BCUT2D eigenvalue weighted by atomic mass is 16.4. The fraction of sp³-hybridized carbons (Fsp3) is 0.235. The Balaban J connectivity index is 1.73. The molecule has 1 fully saturated rings. The maximum absolute atomic E-state index is 5.92. The van der Waals surface area contributed by atoms with Crippen LogP contribution in [0.1, 0.15) is 24.4 Å². The average Bonchev–Trinajstić information content (AvgIpc) is 3.13. The number of nitrogens with two attached hydrogens (primary N) is 1. The third kappa shape index (κ3) is 2.13. The second-order valence-corrected chi connectivity index (χ2v) is 5.49. The van der Waals surface area contributed by atoms with Gasteiger partial charge >= 0.3 is 0 Å². The lowest BCUT2D eigenvalue weighted by Gasteiger charge is -2.23. The van der Waals surface area contributed by atoms with Gasteiger partial charge in [-0.25, -0.2) is 0 Å². The minimum absolute atomic E-state index is 0.344. The Kier molecular flexibility index (Phi) is 2.81. The first-order chi connectivity index (χ1) is 10.3. The molecule has 0 saturated carbocycles. The number of hydrogen-bond donors (Lipinski definition) is 1. The Morgan fingerprint density at radius 3 is 2.86 bits per heavy atom. The molecule has 4 nitrogen and oxygen atoms in total. The second kappa shape index (κ2) is 4.81.